The summed E-state index contributed by atoms with van der Waals surface area (Å²) in [6.45, 7) is 4.50. The fourth-order valence-electron chi connectivity index (χ4n) is 5.37. The van der Waals surface area contributed by atoms with Crippen LogP contribution >= 0.6 is 0 Å². The van der Waals surface area contributed by atoms with Gasteiger partial charge in [-0.05, 0) is 80.1 Å². The maximum atomic E-state index is 13.4. The number of aryl methyl sites for hydroxylation is 1. The molecule has 3 aliphatic rings. The first-order chi connectivity index (χ1) is 18.0. The fraction of sp³-hybridized carbons (Fsp3) is 0.310. The number of benzene rings is 2. The summed E-state index contributed by atoms with van der Waals surface area (Å²) in [5.41, 5.74) is 3.10. The van der Waals surface area contributed by atoms with Crippen LogP contribution in [-0.2, 0) is 16.0 Å². The average molecular weight is 500 g/mol. The molecular formula is C29H29N3O5. The highest BCUT2D eigenvalue weighted by molar-refractivity contribution is 6.51. The van der Waals surface area contributed by atoms with Crippen molar-refractivity contribution in [2.24, 2.45) is 0 Å². The van der Waals surface area contributed by atoms with Gasteiger partial charge in [0.15, 0.2) is 0 Å². The van der Waals surface area contributed by atoms with E-state index in [0.717, 1.165) is 56.0 Å². The molecule has 2 saturated heterocycles. The Balaban J connectivity index is 1.39. The Kier molecular flexibility index (Phi) is 5.96. The summed E-state index contributed by atoms with van der Waals surface area (Å²) < 4.78 is 11.4. The molecule has 4 heterocycles. The molecule has 8 heteroatoms. The second-order valence-corrected chi connectivity index (χ2v) is 9.77. The molecule has 6 rings (SSSR count). The Hall–Kier alpha value is -4.04. The second-order valence-electron chi connectivity index (χ2n) is 9.77. The molecule has 0 spiro atoms. The number of nitrogens with zero attached hydrogens (tertiary/aromatic N) is 3. The molecule has 2 fully saturated rings. The summed E-state index contributed by atoms with van der Waals surface area (Å²) in [5.74, 6) is -0.464. The predicted octanol–water partition coefficient (Wildman–Crippen LogP) is 3.98. The first-order valence-corrected chi connectivity index (χ1v) is 12.7. The quantitative estimate of drug-likeness (QED) is 0.330. The summed E-state index contributed by atoms with van der Waals surface area (Å²) in [6.07, 6.45) is 3.21. The lowest BCUT2D eigenvalue weighted by Gasteiger charge is -2.34. The Morgan fingerprint density at radius 1 is 0.973 bits per heavy atom. The van der Waals surface area contributed by atoms with Crippen LogP contribution in [0, 0.1) is 0 Å². The number of carbonyl (C=O) groups is 2. The van der Waals surface area contributed by atoms with Gasteiger partial charge in [-0.15, -0.1) is 0 Å². The Morgan fingerprint density at radius 2 is 1.73 bits per heavy atom. The number of piperazine rings is 1. The highest BCUT2D eigenvalue weighted by Crippen LogP contribution is 2.43. The first-order valence-electron chi connectivity index (χ1n) is 12.7. The van der Waals surface area contributed by atoms with E-state index in [1.165, 1.54) is 11.2 Å². The molecule has 37 heavy (non-hydrogen) atoms. The molecule has 1 amide bonds. The van der Waals surface area contributed by atoms with Crippen molar-refractivity contribution in [1.82, 2.24) is 4.90 Å². The van der Waals surface area contributed by atoms with E-state index >= 15 is 0 Å². The van der Waals surface area contributed by atoms with Crippen LogP contribution in [0.3, 0.4) is 0 Å². The molecule has 0 saturated carbocycles. The molecule has 8 nitrogen and oxygen atoms in total. The number of fused-ring (bicyclic) bond motifs is 1. The van der Waals surface area contributed by atoms with Gasteiger partial charge in [0.25, 0.3) is 11.7 Å². The fourth-order valence-corrected chi connectivity index (χ4v) is 5.37. The summed E-state index contributed by atoms with van der Waals surface area (Å²) in [5, 5.41) is 11.4. The molecule has 1 N–H and O–H groups in total. The normalized spacial score (nSPS) is 21.7. The van der Waals surface area contributed by atoms with Crippen LogP contribution in [-0.4, -0.2) is 61.5 Å². The molecule has 2 aromatic carbocycles. The Bertz CT molecular complexity index is 1350. The molecule has 3 aliphatic heterocycles. The molecule has 190 valence electrons. The number of amides is 1. The monoisotopic (exact) mass is 499 g/mol. The zero-order chi connectivity index (χ0) is 25.5. The number of Topliss-reactive ketones (excluding diaryl/α,β-unsaturated/α-hetero) is 1. The van der Waals surface area contributed by atoms with E-state index in [-0.39, 0.29) is 11.3 Å². The van der Waals surface area contributed by atoms with Crippen LogP contribution in [0.25, 0.3) is 5.76 Å². The topological polar surface area (TPSA) is 86.5 Å². The molecule has 1 unspecified atom stereocenters. The predicted molar refractivity (Wildman–Crippen MR) is 140 cm³/mol. The Morgan fingerprint density at radius 3 is 2.46 bits per heavy atom. The third-order valence-corrected chi connectivity index (χ3v) is 7.44. The molecule has 0 bridgehead atoms. The summed E-state index contributed by atoms with van der Waals surface area (Å²) >= 11 is 0. The van der Waals surface area contributed by atoms with Crippen LogP contribution in [0.2, 0.25) is 0 Å². The number of ether oxygens (including phenoxy) is 1. The van der Waals surface area contributed by atoms with E-state index in [1.54, 1.807) is 24.3 Å². The van der Waals surface area contributed by atoms with Crippen LogP contribution in [0.5, 0.6) is 5.75 Å². The van der Waals surface area contributed by atoms with Crippen molar-refractivity contribution in [2.45, 2.75) is 18.9 Å². The molecule has 0 radical (unpaired) electrons. The number of carbonyl (C=O) groups excluding carboxylic acids is 2. The number of anilines is 2. The number of furan rings is 1. The van der Waals surface area contributed by atoms with Gasteiger partial charge in [-0.2, -0.15) is 0 Å². The van der Waals surface area contributed by atoms with Crippen LogP contribution < -0.4 is 14.5 Å². The van der Waals surface area contributed by atoms with Crippen molar-refractivity contribution < 1.29 is 23.8 Å². The van der Waals surface area contributed by atoms with Gasteiger partial charge in [0.1, 0.15) is 23.3 Å². The largest absolute Gasteiger partial charge is 0.507 e. The number of aliphatic hydroxyl groups is 1. The number of ketones is 1. The van der Waals surface area contributed by atoms with E-state index in [9.17, 15) is 14.7 Å². The van der Waals surface area contributed by atoms with Gasteiger partial charge in [-0.25, -0.2) is 0 Å². The lowest BCUT2D eigenvalue weighted by atomic mass is 9.96. The standard InChI is InChI=1S/C29H29N3O5/c1-30-12-14-31(15-13-30)21-7-9-22(10-8-21)32-26(24-5-3-17-37-24)25(28(34)29(32)35)27(33)20-6-11-23-19(18-20)4-2-16-36-23/h3,5-11,17-18,26,33H,2,4,12-16H2,1H3/b27-25-. The van der Waals surface area contributed by atoms with Gasteiger partial charge < -0.3 is 24.1 Å². The minimum Gasteiger partial charge on any atom is -0.507 e. The SMILES string of the molecule is CN1CCN(c2ccc(N3C(=O)C(=O)/C(=C(\O)c4ccc5c(c4)CCCO5)C3c3ccco3)cc2)CC1. The van der Waals surface area contributed by atoms with Crippen molar-refractivity contribution in [3.8, 4) is 5.75 Å². The number of aliphatic hydroxyl groups excluding tert-OH is 1. The van der Waals surface area contributed by atoms with Crippen molar-refractivity contribution in [3.05, 3.63) is 83.3 Å². The van der Waals surface area contributed by atoms with E-state index in [2.05, 4.69) is 16.8 Å². The summed E-state index contributed by atoms with van der Waals surface area (Å²) in [7, 11) is 2.11. The van der Waals surface area contributed by atoms with Gasteiger partial charge >= 0.3 is 0 Å². The van der Waals surface area contributed by atoms with Crippen LogP contribution in [0.15, 0.2) is 70.9 Å². The van der Waals surface area contributed by atoms with E-state index < -0.39 is 17.7 Å². The minimum atomic E-state index is -0.878. The zero-order valence-electron chi connectivity index (χ0n) is 20.7. The molecular weight excluding hydrogens is 470 g/mol. The van der Waals surface area contributed by atoms with Crippen molar-refractivity contribution >= 4 is 28.8 Å². The molecule has 1 aromatic heterocycles. The van der Waals surface area contributed by atoms with Crippen molar-refractivity contribution in [3.63, 3.8) is 0 Å². The average Bonchev–Trinajstić information content (AvgIpc) is 3.55. The molecule has 1 atom stereocenters. The summed E-state index contributed by atoms with van der Waals surface area (Å²) in [4.78, 5) is 32.7. The third-order valence-electron chi connectivity index (χ3n) is 7.44. The zero-order valence-corrected chi connectivity index (χ0v) is 20.7. The highest BCUT2D eigenvalue weighted by Gasteiger charge is 2.48. The second kappa shape index (κ2) is 9.44. The van der Waals surface area contributed by atoms with Gasteiger partial charge in [-0.1, -0.05) is 0 Å². The highest BCUT2D eigenvalue weighted by atomic mass is 16.5. The van der Waals surface area contributed by atoms with E-state index in [1.807, 2.05) is 30.3 Å². The number of rotatable bonds is 4. The van der Waals surface area contributed by atoms with Gasteiger partial charge in [0.2, 0.25) is 0 Å². The molecule has 0 aliphatic carbocycles. The molecule has 3 aromatic rings. The van der Waals surface area contributed by atoms with E-state index in [4.69, 9.17) is 9.15 Å². The Labute approximate surface area is 215 Å². The van der Waals surface area contributed by atoms with Gasteiger partial charge in [-0.3, -0.25) is 14.5 Å². The van der Waals surface area contributed by atoms with Crippen LogP contribution in [0.4, 0.5) is 11.4 Å². The van der Waals surface area contributed by atoms with Crippen molar-refractivity contribution in [1.29, 1.82) is 0 Å². The third kappa shape index (κ3) is 4.17. The first kappa shape index (κ1) is 23.4. The lowest BCUT2D eigenvalue weighted by molar-refractivity contribution is -0.132. The van der Waals surface area contributed by atoms with Crippen molar-refractivity contribution in [2.75, 3.05) is 49.6 Å². The minimum absolute atomic E-state index is 0.0137. The maximum absolute atomic E-state index is 13.4. The van der Waals surface area contributed by atoms with Gasteiger partial charge in [0, 0.05) is 43.1 Å². The maximum Gasteiger partial charge on any atom is 0.300 e. The smallest absolute Gasteiger partial charge is 0.300 e. The summed E-state index contributed by atoms with van der Waals surface area (Å²) in [6, 6.07) is 15.6. The number of hydrogen-bond acceptors (Lipinski definition) is 7. The van der Waals surface area contributed by atoms with E-state index in [0.29, 0.717) is 23.6 Å². The van der Waals surface area contributed by atoms with Crippen LogP contribution in [0.1, 0.15) is 29.3 Å². The van der Waals surface area contributed by atoms with Gasteiger partial charge in [0.05, 0.1) is 18.4 Å². The lowest BCUT2D eigenvalue weighted by Crippen LogP contribution is -2.44. The number of likely N-dealkylation sites (N-methyl/N-ethyl adjacent to an activating group) is 1. The number of hydrogen-bond donors (Lipinski definition) is 1.